The van der Waals surface area contributed by atoms with Crippen LogP contribution in [0.25, 0.3) is 6.08 Å². The first-order valence-electron chi connectivity index (χ1n) is 8.92. The molecule has 0 spiro atoms. The van der Waals surface area contributed by atoms with Crippen LogP contribution in [0.1, 0.15) is 19.4 Å². The minimum Gasteiger partial charge on any atom is -0.493 e. The summed E-state index contributed by atoms with van der Waals surface area (Å²) in [4.78, 5) is 19.5. The zero-order chi connectivity index (χ0) is 20.1. The molecule has 28 heavy (non-hydrogen) atoms. The summed E-state index contributed by atoms with van der Waals surface area (Å²) in [5.41, 5.74) is 1.35. The van der Waals surface area contributed by atoms with Gasteiger partial charge in [0, 0.05) is 12.1 Å². The van der Waals surface area contributed by atoms with Gasteiger partial charge in [-0.1, -0.05) is 12.1 Å². The number of amidine groups is 1. The second-order valence-corrected chi connectivity index (χ2v) is 6.85. The topological polar surface area (TPSA) is 51.1 Å². The molecule has 2 aromatic carbocycles. The van der Waals surface area contributed by atoms with Crippen molar-refractivity contribution in [1.82, 2.24) is 4.90 Å². The van der Waals surface area contributed by atoms with Gasteiger partial charge in [-0.3, -0.25) is 9.69 Å². The average Bonchev–Trinajstić information content (AvgIpc) is 2.99. The van der Waals surface area contributed by atoms with E-state index in [1.54, 1.807) is 30.2 Å². The molecule has 3 rings (SSSR count). The lowest BCUT2D eigenvalue weighted by Gasteiger charge is -2.12. The fourth-order valence-electron chi connectivity index (χ4n) is 2.74. The van der Waals surface area contributed by atoms with Crippen LogP contribution in [0, 0.1) is 5.82 Å². The van der Waals surface area contributed by atoms with Crippen LogP contribution < -0.4 is 9.47 Å². The molecule has 0 saturated carbocycles. The highest BCUT2D eigenvalue weighted by Crippen LogP contribution is 2.38. The molecule has 1 heterocycles. The molecule has 2 aromatic rings. The molecule has 0 bridgehead atoms. The third kappa shape index (κ3) is 4.20. The van der Waals surface area contributed by atoms with E-state index in [0.29, 0.717) is 40.4 Å². The molecule has 5 nitrogen and oxygen atoms in total. The van der Waals surface area contributed by atoms with Gasteiger partial charge in [0.05, 0.1) is 24.3 Å². The molecule has 7 heteroatoms. The Morgan fingerprint density at radius 1 is 1.18 bits per heavy atom. The number of rotatable bonds is 6. The number of thioether (sulfide) groups is 1. The van der Waals surface area contributed by atoms with Gasteiger partial charge in [0.25, 0.3) is 5.91 Å². The normalized spacial score (nSPS) is 16.9. The van der Waals surface area contributed by atoms with Crippen molar-refractivity contribution in [3.63, 3.8) is 0 Å². The van der Waals surface area contributed by atoms with Crippen molar-refractivity contribution in [3.8, 4) is 11.5 Å². The van der Waals surface area contributed by atoms with Gasteiger partial charge in [0.15, 0.2) is 16.7 Å². The summed E-state index contributed by atoms with van der Waals surface area (Å²) in [5, 5.41) is 0.561. The molecule has 1 aliphatic rings. The molecular formula is C21H21FN2O3S. The van der Waals surface area contributed by atoms with Crippen LogP contribution in [0.15, 0.2) is 52.4 Å². The molecule has 0 aromatic heterocycles. The third-order valence-electron chi connectivity index (χ3n) is 4.06. The average molecular weight is 400 g/mol. The first-order chi connectivity index (χ1) is 13.6. The van der Waals surface area contributed by atoms with Gasteiger partial charge in [-0.2, -0.15) is 0 Å². The maximum absolute atomic E-state index is 13.1. The molecule has 0 atom stereocenters. The molecule has 1 fully saturated rings. The number of hydrogen-bond acceptors (Lipinski definition) is 5. The Morgan fingerprint density at radius 2 is 1.93 bits per heavy atom. The van der Waals surface area contributed by atoms with E-state index in [0.717, 1.165) is 5.56 Å². The van der Waals surface area contributed by atoms with E-state index >= 15 is 0 Å². The van der Waals surface area contributed by atoms with Crippen LogP contribution in [0.5, 0.6) is 11.5 Å². The Labute approximate surface area is 167 Å². The SMILES string of the molecule is CCOc1c(/C=C2/SC(=Nc3ccc(F)cc3)N(CC)C2=O)cccc1OC. The number of nitrogens with zero attached hydrogens (tertiary/aromatic N) is 2. The van der Waals surface area contributed by atoms with E-state index in [4.69, 9.17) is 9.47 Å². The van der Waals surface area contributed by atoms with E-state index < -0.39 is 0 Å². The summed E-state index contributed by atoms with van der Waals surface area (Å²) in [6.45, 7) is 4.75. The van der Waals surface area contributed by atoms with Crippen molar-refractivity contribution < 1.29 is 18.7 Å². The van der Waals surface area contributed by atoms with Gasteiger partial charge in [0.2, 0.25) is 0 Å². The van der Waals surface area contributed by atoms with Crippen molar-refractivity contribution in [2.24, 2.45) is 4.99 Å². The number of aliphatic imine (C=N–C) groups is 1. The number of hydrogen-bond donors (Lipinski definition) is 0. The molecule has 1 aliphatic heterocycles. The number of methoxy groups -OCH3 is 1. The summed E-state index contributed by atoms with van der Waals surface area (Å²) < 4.78 is 24.2. The standard InChI is InChI=1S/C21H21FN2O3S/c1-4-24-20(25)18(28-21(24)23-16-11-9-15(22)10-12-16)13-14-7-6-8-17(26-3)19(14)27-5-2/h6-13H,4-5H2,1-3H3/b18-13+,23-21?. The van der Waals surface area contributed by atoms with Crippen LogP contribution in [0.2, 0.25) is 0 Å². The Bertz CT molecular complexity index is 926. The van der Waals surface area contributed by atoms with E-state index in [-0.39, 0.29) is 11.7 Å². The van der Waals surface area contributed by atoms with E-state index in [2.05, 4.69) is 4.99 Å². The predicted molar refractivity (Wildman–Crippen MR) is 111 cm³/mol. The van der Waals surface area contributed by atoms with Crippen LogP contribution in [-0.4, -0.2) is 36.2 Å². The maximum Gasteiger partial charge on any atom is 0.266 e. The zero-order valence-electron chi connectivity index (χ0n) is 15.9. The van der Waals surface area contributed by atoms with Crippen molar-refractivity contribution in [2.75, 3.05) is 20.3 Å². The first-order valence-corrected chi connectivity index (χ1v) is 9.74. The lowest BCUT2D eigenvalue weighted by Crippen LogP contribution is -2.28. The molecule has 1 amide bonds. The molecule has 1 saturated heterocycles. The smallest absolute Gasteiger partial charge is 0.266 e. The number of halogens is 1. The fraction of sp³-hybridized carbons (Fsp3) is 0.238. The zero-order valence-corrected chi connectivity index (χ0v) is 16.8. The minimum absolute atomic E-state index is 0.126. The Balaban J connectivity index is 1.97. The number of carbonyl (C=O) groups is 1. The highest BCUT2D eigenvalue weighted by atomic mass is 32.2. The van der Waals surface area contributed by atoms with E-state index in [9.17, 15) is 9.18 Å². The van der Waals surface area contributed by atoms with Crippen molar-refractivity contribution in [3.05, 3.63) is 58.8 Å². The lowest BCUT2D eigenvalue weighted by molar-refractivity contribution is -0.122. The highest BCUT2D eigenvalue weighted by molar-refractivity contribution is 8.18. The van der Waals surface area contributed by atoms with Gasteiger partial charge in [0.1, 0.15) is 5.82 Å². The van der Waals surface area contributed by atoms with Crippen LogP contribution in [0.3, 0.4) is 0 Å². The number of carbonyl (C=O) groups excluding carboxylic acids is 1. The number of likely N-dealkylation sites (N-methyl/N-ethyl adjacent to an activating group) is 1. The van der Waals surface area contributed by atoms with Gasteiger partial charge in [-0.05, 0) is 62.0 Å². The first kappa shape index (κ1) is 19.9. The molecule has 0 N–H and O–H groups in total. The maximum atomic E-state index is 13.1. The summed E-state index contributed by atoms with van der Waals surface area (Å²) >= 11 is 1.28. The van der Waals surface area contributed by atoms with Crippen LogP contribution in [-0.2, 0) is 4.79 Å². The third-order valence-corrected chi connectivity index (χ3v) is 5.07. The summed E-state index contributed by atoms with van der Waals surface area (Å²) in [6.07, 6.45) is 1.79. The van der Waals surface area contributed by atoms with Gasteiger partial charge >= 0.3 is 0 Å². The predicted octanol–water partition coefficient (Wildman–Crippen LogP) is 4.86. The number of benzene rings is 2. The monoisotopic (exact) mass is 400 g/mol. The lowest BCUT2D eigenvalue weighted by atomic mass is 10.1. The Kier molecular flexibility index (Phi) is 6.36. The summed E-state index contributed by atoms with van der Waals surface area (Å²) in [5.74, 6) is 0.756. The molecule has 0 radical (unpaired) electrons. The van der Waals surface area contributed by atoms with Crippen molar-refractivity contribution >= 4 is 34.6 Å². The molecule has 0 aliphatic carbocycles. The fourth-order valence-corrected chi connectivity index (χ4v) is 3.80. The van der Waals surface area contributed by atoms with Crippen LogP contribution in [0.4, 0.5) is 10.1 Å². The molecule has 0 unspecified atom stereocenters. The second kappa shape index (κ2) is 8.93. The Hall–Kier alpha value is -2.80. The van der Waals surface area contributed by atoms with Gasteiger partial charge < -0.3 is 9.47 Å². The van der Waals surface area contributed by atoms with Gasteiger partial charge in [-0.25, -0.2) is 9.38 Å². The largest absolute Gasteiger partial charge is 0.493 e. The minimum atomic E-state index is -0.325. The molecular weight excluding hydrogens is 379 g/mol. The van der Waals surface area contributed by atoms with E-state index in [1.165, 1.54) is 23.9 Å². The number of para-hydroxylation sites is 1. The van der Waals surface area contributed by atoms with Crippen LogP contribution >= 0.6 is 11.8 Å². The molecule has 146 valence electrons. The Morgan fingerprint density at radius 3 is 2.57 bits per heavy atom. The summed E-state index contributed by atoms with van der Waals surface area (Å²) in [6, 6.07) is 11.4. The van der Waals surface area contributed by atoms with Gasteiger partial charge in [-0.15, -0.1) is 0 Å². The highest BCUT2D eigenvalue weighted by Gasteiger charge is 2.32. The number of ether oxygens (including phenoxy) is 2. The second-order valence-electron chi connectivity index (χ2n) is 5.84. The van der Waals surface area contributed by atoms with E-state index in [1.807, 2.05) is 32.0 Å². The number of amides is 1. The quantitative estimate of drug-likeness (QED) is 0.650. The van der Waals surface area contributed by atoms with Crippen molar-refractivity contribution in [2.45, 2.75) is 13.8 Å². The summed E-state index contributed by atoms with van der Waals surface area (Å²) in [7, 11) is 1.58. The van der Waals surface area contributed by atoms with Crippen molar-refractivity contribution in [1.29, 1.82) is 0 Å².